The van der Waals surface area contributed by atoms with Gasteiger partial charge in [-0.05, 0) is 42.5 Å². The number of nitrogens with zero attached hydrogens (tertiary/aromatic N) is 4. The van der Waals surface area contributed by atoms with Gasteiger partial charge in [0.15, 0.2) is 5.82 Å². The van der Waals surface area contributed by atoms with E-state index in [0.717, 1.165) is 35.5 Å². The van der Waals surface area contributed by atoms with E-state index in [-0.39, 0.29) is 17.6 Å². The van der Waals surface area contributed by atoms with E-state index in [9.17, 15) is 9.18 Å². The highest BCUT2D eigenvalue weighted by atomic mass is 32.1. The molecule has 1 saturated heterocycles. The Hall–Kier alpha value is -3.45. The minimum Gasteiger partial charge on any atom is -0.342 e. The number of benzene rings is 1. The summed E-state index contributed by atoms with van der Waals surface area (Å²) in [5.41, 5.74) is 2.74. The summed E-state index contributed by atoms with van der Waals surface area (Å²) in [6.45, 7) is 1.30. The predicted molar refractivity (Wildman–Crippen MR) is 127 cm³/mol. The van der Waals surface area contributed by atoms with Crippen molar-refractivity contribution in [3.05, 3.63) is 88.9 Å². The van der Waals surface area contributed by atoms with E-state index in [4.69, 9.17) is 4.98 Å². The highest BCUT2D eigenvalue weighted by Gasteiger charge is 2.29. The molecule has 3 aromatic heterocycles. The van der Waals surface area contributed by atoms with E-state index in [0.29, 0.717) is 29.9 Å². The number of carbonyl (C=O) groups excluding carboxylic acids is 1. The zero-order chi connectivity index (χ0) is 22.6. The normalized spacial score (nSPS) is 16.0. The topological polar surface area (TPSA) is 59.0 Å². The largest absolute Gasteiger partial charge is 0.342 e. The van der Waals surface area contributed by atoms with Crippen LogP contribution in [0, 0.1) is 5.82 Å². The second-order valence-corrected chi connectivity index (χ2v) is 9.18. The molecule has 5 rings (SSSR count). The number of aromatic nitrogens is 3. The molecule has 33 heavy (non-hydrogen) atoms. The van der Waals surface area contributed by atoms with Crippen LogP contribution in [0.2, 0.25) is 0 Å². The van der Waals surface area contributed by atoms with E-state index in [2.05, 4.69) is 9.97 Å². The fourth-order valence-corrected chi connectivity index (χ4v) is 5.02. The van der Waals surface area contributed by atoms with Gasteiger partial charge in [0.1, 0.15) is 5.82 Å². The summed E-state index contributed by atoms with van der Waals surface area (Å²) in [7, 11) is 0. The molecule has 0 radical (unpaired) electrons. The maximum Gasteiger partial charge on any atom is 0.227 e. The first-order valence-corrected chi connectivity index (χ1v) is 11.9. The van der Waals surface area contributed by atoms with Crippen LogP contribution in [-0.4, -0.2) is 38.8 Å². The van der Waals surface area contributed by atoms with E-state index < -0.39 is 0 Å². The third-order valence-corrected chi connectivity index (χ3v) is 6.84. The molecule has 1 fully saturated rings. The average Bonchev–Trinajstić information content (AvgIpc) is 3.38. The Kier molecular flexibility index (Phi) is 6.21. The van der Waals surface area contributed by atoms with Crippen molar-refractivity contribution in [3.8, 4) is 22.5 Å². The zero-order valence-corrected chi connectivity index (χ0v) is 18.8. The lowest BCUT2D eigenvalue weighted by atomic mass is 9.89. The quantitative estimate of drug-likeness (QED) is 0.404. The van der Waals surface area contributed by atoms with Crippen molar-refractivity contribution in [2.45, 2.75) is 25.2 Å². The molecule has 0 spiro atoms. The minimum atomic E-state index is -0.307. The summed E-state index contributed by atoms with van der Waals surface area (Å²) in [6, 6.07) is 14.4. The Morgan fingerprint density at radius 3 is 2.79 bits per heavy atom. The fourth-order valence-electron chi connectivity index (χ4n) is 4.33. The van der Waals surface area contributed by atoms with E-state index in [1.807, 2.05) is 40.6 Å². The smallest absolute Gasteiger partial charge is 0.227 e. The van der Waals surface area contributed by atoms with E-state index in [1.54, 1.807) is 42.1 Å². The molecule has 166 valence electrons. The first kappa shape index (κ1) is 21.4. The Bertz CT molecular complexity index is 1250. The van der Waals surface area contributed by atoms with Gasteiger partial charge in [-0.3, -0.25) is 9.78 Å². The molecule has 7 heteroatoms. The minimum absolute atomic E-state index is 0.000867. The first-order chi connectivity index (χ1) is 16.2. The summed E-state index contributed by atoms with van der Waals surface area (Å²) in [4.78, 5) is 29.6. The van der Waals surface area contributed by atoms with E-state index in [1.165, 1.54) is 6.07 Å². The molecular weight excluding hydrogens is 435 g/mol. The van der Waals surface area contributed by atoms with Crippen LogP contribution in [0.5, 0.6) is 0 Å². The molecule has 1 aromatic carbocycles. The molecule has 5 nitrogen and oxygen atoms in total. The zero-order valence-electron chi connectivity index (χ0n) is 18.0. The molecule has 1 aliphatic rings. The van der Waals surface area contributed by atoms with Gasteiger partial charge in [-0.25, -0.2) is 14.4 Å². The SMILES string of the molecule is O=C(Cc1cccs1)N1CCC[C@H](c2nc(-c3cccnc3)ncc2-c2ccccc2F)C1. The number of amides is 1. The van der Waals surface area contributed by atoms with Crippen LogP contribution in [0.1, 0.15) is 29.3 Å². The molecule has 4 heterocycles. The van der Waals surface area contributed by atoms with Crippen LogP contribution in [0.15, 0.2) is 72.5 Å². The Morgan fingerprint density at radius 2 is 2.00 bits per heavy atom. The number of likely N-dealkylation sites (tertiary alicyclic amines) is 1. The van der Waals surface area contributed by atoms with Gasteiger partial charge in [0.25, 0.3) is 0 Å². The second kappa shape index (κ2) is 9.58. The highest BCUT2D eigenvalue weighted by Crippen LogP contribution is 2.35. The molecule has 1 amide bonds. The number of rotatable bonds is 5. The molecule has 0 unspecified atom stereocenters. The molecular formula is C26H23FN4OS. The van der Waals surface area contributed by atoms with Crippen LogP contribution in [-0.2, 0) is 11.2 Å². The first-order valence-electron chi connectivity index (χ1n) is 11.0. The number of carbonyl (C=O) groups is 1. The molecule has 0 bridgehead atoms. The summed E-state index contributed by atoms with van der Waals surface area (Å²) >= 11 is 1.60. The van der Waals surface area contributed by atoms with Crippen molar-refractivity contribution < 1.29 is 9.18 Å². The standard InChI is InChI=1S/C26H23FN4OS/c27-23-10-2-1-9-21(23)22-16-29-26(18-6-3-11-28-15-18)30-25(22)19-7-4-12-31(17-19)24(32)14-20-8-5-13-33-20/h1-3,5-6,8-11,13,15-16,19H,4,7,12,14,17H2/t19-/m0/s1. The van der Waals surface area contributed by atoms with Crippen molar-refractivity contribution >= 4 is 17.2 Å². The highest BCUT2D eigenvalue weighted by molar-refractivity contribution is 7.10. The van der Waals surface area contributed by atoms with Crippen molar-refractivity contribution in [1.29, 1.82) is 0 Å². The number of hydrogen-bond acceptors (Lipinski definition) is 5. The molecule has 0 saturated carbocycles. The maximum absolute atomic E-state index is 14.7. The maximum atomic E-state index is 14.7. The fraction of sp³-hybridized carbons (Fsp3) is 0.231. The van der Waals surface area contributed by atoms with Crippen molar-refractivity contribution in [2.75, 3.05) is 13.1 Å². The molecule has 0 aliphatic carbocycles. The third-order valence-electron chi connectivity index (χ3n) is 5.97. The van der Waals surface area contributed by atoms with Crippen molar-refractivity contribution in [2.24, 2.45) is 0 Å². The molecule has 4 aromatic rings. The van der Waals surface area contributed by atoms with Gasteiger partial charge in [-0.1, -0.05) is 24.3 Å². The van der Waals surface area contributed by atoms with Crippen molar-refractivity contribution in [3.63, 3.8) is 0 Å². The van der Waals surface area contributed by atoms with Crippen LogP contribution in [0.3, 0.4) is 0 Å². The van der Waals surface area contributed by atoms with Gasteiger partial charge in [-0.15, -0.1) is 11.3 Å². The number of piperidine rings is 1. The summed E-state index contributed by atoms with van der Waals surface area (Å²) in [5.74, 6) is 0.369. The van der Waals surface area contributed by atoms with Gasteiger partial charge in [0, 0.05) is 59.2 Å². The number of halogens is 1. The number of hydrogen-bond donors (Lipinski definition) is 0. The molecule has 1 atom stereocenters. The van der Waals surface area contributed by atoms with Gasteiger partial charge >= 0.3 is 0 Å². The molecule has 1 aliphatic heterocycles. The Labute approximate surface area is 196 Å². The predicted octanol–water partition coefficient (Wildman–Crippen LogP) is 5.35. The van der Waals surface area contributed by atoms with Gasteiger partial charge < -0.3 is 4.90 Å². The summed E-state index contributed by atoms with van der Waals surface area (Å²) in [6.07, 6.45) is 7.30. The third kappa shape index (κ3) is 4.68. The van der Waals surface area contributed by atoms with E-state index >= 15 is 0 Å². The van der Waals surface area contributed by atoms with Crippen LogP contribution in [0.25, 0.3) is 22.5 Å². The van der Waals surface area contributed by atoms with Crippen molar-refractivity contribution in [1.82, 2.24) is 19.9 Å². The summed E-state index contributed by atoms with van der Waals surface area (Å²) < 4.78 is 14.7. The van der Waals surface area contributed by atoms with Crippen LogP contribution in [0.4, 0.5) is 4.39 Å². The average molecular weight is 459 g/mol. The summed E-state index contributed by atoms with van der Waals surface area (Å²) in [5, 5.41) is 1.99. The lowest BCUT2D eigenvalue weighted by Crippen LogP contribution is -2.40. The number of thiophene rings is 1. The Balaban J connectivity index is 1.50. The molecule has 0 N–H and O–H groups in total. The number of pyridine rings is 1. The van der Waals surface area contributed by atoms with Crippen LogP contribution < -0.4 is 0 Å². The van der Waals surface area contributed by atoms with Crippen LogP contribution >= 0.6 is 11.3 Å². The van der Waals surface area contributed by atoms with Gasteiger partial charge in [-0.2, -0.15) is 0 Å². The Morgan fingerprint density at radius 1 is 1.09 bits per heavy atom. The van der Waals surface area contributed by atoms with Gasteiger partial charge in [0.05, 0.1) is 12.1 Å². The second-order valence-electron chi connectivity index (χ2n) is 8.15. The lowest BCUT2D eigenvalue weighted by molar-refractivity contribution is -0.131. The monoisotopic (exact) mass is 458 g/mol. The van der Waals surface area contributed by atoms with Gasteiger partial charge in [0.2, 0.25) is 5.91 Å². The lowest BCUT2D eigenvalue weighted by Gasteiger charge is -2.33.